The van der Waals surface area contributed by atoms with Crippen molar-refractivity contribution in [1.82, 2.24) is 5.32 Å². The Hall–Kier alpha value is -1.22. The van der Waals surface area contributed by atoms with Crippen molar-refractivity contribution >= 4 is 23.2 Å². The molecule has 21 heavy (non-hydrogen) atoms. The minimum absolute atomic E-state index is 0.307. The first-order valence-electron chi connectivity index (χ1n) is 6.86. The monoisotopic (exact) mass is 323 g/mol. The molecule has 0 heterocycles. The molecule has 0 radical (unpaired) electrons. The molecule has 112 valence electrons. The first kappa shape index (κ1) is 16.2. The van der Waals surface area contributed by atoms with E-state index in [9.17, 15) is 0 Å². The maximum Gasteiger partial charge on any atom is 0.122 e. The molecule has 1 N–H and O–H groups in total. The lowest BCUT2D eigenvalue weighted by Crippen LogP contribution is -2.19. The zero-order chi connectivity index (χ0) is 15.2. The summed E-state index contributed by atoms with van der Waals surface area (Å²) in [5, 5.41) is 4.72. The standard InChI is InChI=1S/C17H19Cl2NO/c1-20-11-14(12-4-3-5-15(18)9-12)8-13-10-16(19)6-7-17(13)21-2/h3-7,9-10,14,20H,8,11H2,1-2H3. The number of hydrogen-bond acceptors (Lipinski definition) is 2. The number of benzene rings is 2. The van der Waals surface area contributed by atoms with Gasteiger partial charge in [0, 0.05) is 22.5 Å². The molecule has 0 bridgehead atoms. The quantitative estimate of drug-likeness (QED) is 0.842. The molecule has 0 spiro atoms. The maximum absolute atomic E-state index is 6.11. The van der Waals surface area contributed by atoms with Crippen molar-refractivity contribution in [2.75, 3.05) is 20.7 Å². The van der Waals surface area contributed by atoms with E-state index in [1.807, 2.05) is 43.4 Å². The number of halogens is 2. The van der Waals surface area contributed by atoms with E-state index in [1.54, 1.807) is 7.11 Å². The fraction of sp³-hybridized carbons (Fsp3) is 0.294. The molecule has 0 aliphatic heterocycles. The normalized spacial score (nSPS) is 12.2. The van der Waals surface area contributed by atoms with Gasteiger partial charge in [-0.15, -0.1) is 0 Å². The predicted molar refractivity (Wildman–Crippen MR) is 89.8 cm³/mol. The molecule has 2 rings (SSSR count). The van der Waals surface area contributed by atoms with E-state index in [2.05, 4.69) is 11.4 Å². The average Bonchev–Trinajstić information content (AvgIpc) is 2.47. The van der Waals surface area contributed by atoms with Crippen LogP contribution in [0.2, 0.25) is 10.0 Å². The predicted octanol–water partition coefficient (Wildman–Crippen LogP) is 4.55. The molecule has 0 saturated heterocycles. The summed E-state index contributed by atoms with van der Waals surface area (Å²) in [6.45, 7) is 0.857. The first-order chi connectivity index (χ1) is 10.1. The van der Waals surface area contributed by atoms with E-state index < -0.39 is 0 Å². The van der Waals surface area contributed by atoms with Crippen molar-refractivity contribution in [3.63, 3.8) is 0 Å². The molecule has 0 aromatic heterocycles. The first-order valence-corrected chi connectivity index (χ1v) is 7.62. The van der Waals surface area contributed by atoms with Crippen LogP contribution in [0.25, 0.3) is 0 Å². The molecule has 4 heteroatoms. The highest BCUT2D eigenvalue weighted by Gasteiger charge is 2.15. The van der Waals surface area contributed by atoms with Gasteiger partial charge in [-0.1, -0.05) is 35.3 Å². The third-order valence-electron chi connectivity index (χ3n) is 3.48. The molecule has 0 fully saturated rings. The Morgan fingerprint density at radius 3 is 2.52 bits per heavy atom. The SMILES string of the molecule is CNCC(Cc1cc(Cl)ccc1OC)c1cccc(Cl)c1. The molecular formula is C17H19Cl2NO. The summed E-state index contributed by atoms with van der Waals surface area (Å²) in [6, 6.07) is 13.7. The van der Waals surface area contributed by atoms with Crippen molar-refractivity contribution in [1.29, 1.82) is 0 Å². The molecule has 0 aliphatic rings. The number of nitrogens with one attached hydrogen (secondary N) is 1. The van der Waals surface area contributed by atoms with Crippen molar-refractivity contribution in [3.05, 3.63) is 63.6 Å². The molecule has 2 nitrogen and oxygen atoms in total. The Morgan fingerprint density at radius 2 is 1.86 bits per heavy atom. The highest BCUT2D eigenvalue weighted by Crippen LogP contribution is 2.29. The van der Waals surface area contributed by atoms with Gasteiger partial charge in [0.15, 0.2) is 0 Å². The van der Waals surface area contributed by atoms with Gasteiger partial charge >= 0.3 is 0 Å². The average molecular weight is 324 g/mol. The minimum atomic E-state index is 0.307. The lowest BCUT2D eigenvalue weighted by atomic mass is 9.91. The highest BCUT2D eigenvalue weighted by atomic mass is 35.5. The van der Waals surface area contributed by atoms with Gasteiger partial charge in [0.05, 0.1) is 7.11 Å². The molecule has 0 aliphatic carbocycles. The van der Waals surface area contributed by atoms with Crippen LogP contribution in [0.5, 0.6) is 5.75 Å². The van der Waals surface area contributed by atoms with Gasteiger partial charge in [0.1, 0.15) is 5.75 Å². The molecule has 1 atom stereocenters. The summed E-state index contributed by atoms with van der Waals surface area (Å²) >= 11 is 12.2. The molecule has 0 saturated carbocycles. The van der Waals surface area contributed by atoms with Crippen molar-refractivity contribution < 1.29 is 4.74 Å². The van der Waals surface area contributed by atoms with Crippen LogP contribution in [-0.2, 0) is 6.42 Å². The summed E-state index contributed by atoms with van der Waals surface area (Å²) in [5.74, 6) is 1.17. The fourth-order valence-electron chi connectivity index (χ4n) is 2.49. The van der Waals surface area contributed by atoms with Crippen molar-refractivity contribution in [2.24, 2.45) is 0 Å². The Bertz CT molecular complexity index is 601. The number of rotatable bonds is 6. The second-order valence-electron chi connectivity index (χ2n) is 4.97. The second kappa shape index (κ2) is 7.69. The second-order valence-corrected chi connectivity index (χ2v) is 5.84. The van der Waals surface area contributed by atoms with E-state index in [1.165, 1.54) is 5.56 Å². The van der Waals surface area contributed by atoms with Gasteiger partial charge in [-0.05, 0) is 54.9 Å². The summed E-state index contributed by atoms with van der Waals surface area (Å²) in [6.07, 6.45) is 0.838. The van der Waals surface area contributed by atoms with Crippen LogP contribution in [0.3, 0.4) is 0 Å². The topological polar surface area (TPSA) is 21.3 Å². The van der Waals surface area contributed by atoms with Gasteiger partial charge in [-0.2, -0.15) is 0 Å². The number of likely N-dealkylation sites (N-methyl/N-ethyl adjacent to an activating group) is 1. The van der Waals surface area contributed by atoms with Crippen molar-refractivity contribution in [2.45, 2.75) is 12.3 Å². The largest absolute Gasteiger partial charge is 0.496 e. The zero-order valence-electron chi connectivity index (χ0n) is 12.2. The number of ether oxygens (including phenoxy) is 1. The summed E-state index contributed by atoms with van der Waals surface area (Å²) in [5.41, 5.74) is 2.31. The van der Waals surface area contributed by atoms with E-state index in [4.69, 9.17) is 27.9 Å². The maximum atomic E-state index is 6.11. The summed E-state index contributed by atoms with van der Waals surface area (Å²) in [7, 11) is 3.63. The third kappa shape index (κ3) is 4.37. The van der Waals surface area contributed by atoms with Crippen LogP contribution in [0, 0.1) is 0 Å². The lowest BCUT2D eigenvalue weighted by molar-refractivity contribution is 0.407. The summed E-state index contributed by atoms with van der Waals surface area (Å²) in [4.78, 5) is 0. The van der Waals surface area contributed by atoms with Gasteiger partial charge in [-0.25, -0.2) is 0 Å². The van der Waals surface area contributed by atoms with Crippen LogP contribution in [0.1, 0.15) is 17.0 Å². The molecule has 1 unspecified atom stereocenters. The highest BCUT2D eigenvalue weighted by molar-refractivity contribution is 6.31. The number of hydrogen-bond donors (Lipinski definition) is 1. The lowest BCUT2D eigenvalue weighted by Gasteiger charge is -2.19. The van der Waals surface area contributed by atoms with Crippen molar-refractivity contribution in [3.8, 4) is 5.75 Å². The van der Waals surface area contributed by atoms with Crippen LogP contribution >= 0.6 is 23.2 Å². The van der Waals surface area contributed by atoms with E-state index in [-0.39, 0.29) is 0 Å². The van der Waals surface area contributed by atoms with Gasteiger partial charge in [0.2, 0.25) is 0 Å². The Labute approximate surface area is 136 Å². The fourth-order valence-corrected chi connectivity index (χ4v) is 2.88. The van der Waals surface area contributed by atoms with Crippen LogP contribution in [0.15, 0.2) is 42.5 Å². The van der Waals surface area contributed by atoms with Gasteiger partial charge in [0.25, 0.3) is 0 Å². The van der Waals surface area contributed by atoms with E-state index in [0.29, 0.717) is 5.92 Å². The van der Waals surface area contributed by atoms with Crippen LogP contribution < -0.4 is 10.1 Å². The van der Waals surface area contributed by atoms with E-state index >= 15 is 0 Å². The van der Waals surface area contributed by atoms with Crippen LogP contribution in [-0.4, -0.2) is 20.7 Å². The smallest absolute Gasteiger partial charge is 0.122 e. The zero-order valence-corrected chi connectivity index (χ0v) is 13.7. The van der Waals surface area contributed by atoms with Gasteiger partial charge in [-0.3, -0.25) is 0 Å². The van der Waals surface area contributed by atoms with E-state index in [0.717, 1.165) is 34.3 Å². The third-order valence-corrected chi connectivity index (χ3v) is 3.95. The van der Waals surface area contributed by atoms with Gasteiger partial charge < -0.3 is 10.1 Å². The molecule has 2 aromatic rings. The molecular weight excluding hydrogens is 305 g/mol. The van der Waals surface area contributed by atoms with Crippen LogP contribution in [0.4, 0.5) is 0 Å². The minimum Gasteiger partial charge on any atom is -0.496 e. The molecule has 2 aromatic carbocycles. The number of methoxy groups -OCH3 is 1. The molecule has 0 amide bonds. The Morgan fingerprint density at radius 1 is 1.10 bits per heavy atom. The Balaban J connectivity index is 2.30. The Kier molecular flexibility index (Phi) is 5.92. The summed E-state index contributed by atoms with van der Waals surface area (Å²) < 4.78 is 5.43.